The Balaban J connectivity index is 1.93. The van der Waals surface area contributed by atoms with Gasteiger partial charge in [0.2, 0.25) is 0 Å². The summed E-state index contributed by atoms with van der Waals surface area (Å²) in [6.45, 7) is 3.07. The summed E-state index contributed by atoms with van der Waals surface area (Å²) in [7, 11) is 0. The van der Waals surface area contributed by atoms with Gasteiger partial charge in [-0.2, -0.15) is 0 Å². The number of thiocarbonyl (C=S) groups is 1. The van der Waals surface area contributed by atoms with E-state index in [1.54, 1.807) is 18.2 Å². The standard InChI is InChI=1S/C15H20N2O3S/c1-2-19-13-7-11(15(16)21)5-6-12(13)20-9-14(18)17-8-10-3-4-10/h5-7,10H,2-4,8-9H2,1H3,(H2,16,21)(H,17,18). The van der Waals surface area contributed by atoms with Crippen molar-refractivity contribution in [2.75, 3.05) is 19.8 Å². The molecule has 0 bridgehead atoms. The molecule has 0 unspecified atom stereocenters. The van der Waals surface area contributed by atoms with Crippen LogP contribution in [0.1, 0.15) is 25.3 Å². The first-order valence-corrected chi connectivity index (χ1v) is 7.47. The van der Waals surface area contributed by atoms with Gasteiger partial charge >= 0.3 is 0 Å². The number of carbonyl (C=O) groups excluding carboxylic acids is 1. The van der Waals surface area contributed by atoms with E-state index in [0.717, 1.165) is 6.54 Å². The maximum absolute atomic E-state index is 11.7. The van der Waals surface area contributed by atoms with Gasteiger partial charge in [-0.15, -0.1) is 0 Å². The van der Waals surface area contributed by atoms with E-state index >= 15 is 0 Å². The second kappa shape index (κ2) is 7.26. The van der Waals surface area contributed by atoms with Gasteiger partial charge in [-0.25, -0.2) is 0 Å². The van der Waals surface area contributed by atoms with Crippen LogP contribution >= 0.6 is 12.2 Å². The van der Waals surface area contributed by atoms with Gasteiger partial charge in [0.05, 0.1) is 6.61 Å². The second-order valence-electron chi connectivity index (χ2n) is 4.99. The highest BCUT2D eigenvalue weighted by Gasteiger charge is 2.21. The fourth-order valence-corrected chi connectivity index (χ4v) is 1.95. The third kappa shape index (κ3) is 4.90. The zero-order valence-corrected chi connectivity index (χ0v) is 12.9. The molecule has 1 aromatic carbocycles. The Bertz CT molecular complexity index is 530. The molecule has 1 aliphatic rings. The van der Waals surface area contributed by atoms with Gasteiger partial charge in [0.1, 0.15) is 4.99 Å². The van der Waals surface area contributed by atoms with Gasteiger partial charge in [-0.05, 0) is 43.9 Å². The summed E-state index contributed by atoms with van der Waals surface area (Å²) in [5.74, 6) is 1.58. The lowest BCUT2D eigenvalue weighted by Crippen LogP contribution is -2.30. The van der Waals surface area contributed by atoms with Gasteiger partial charge in [0.25, 0.3) is 5.91 Å². The summed E-state index contributed by atoms with van der Waals surface area (Å²) in [6, 6.07) is 5.19. The minimum absolute atomic E-state index is 0.0286. The molecule has 0 aromatic heterocycles. The zero-order chi connectivity index (χ0) is 15.2. The molecule has 1 saturated carbocycles. The zero-order valence-electron chi connectivity index (χ0n) is 12.1. The Morgan fingerprint density at radius 3 is 2.76 bits per heavy atom. The number of nitrogens with one attached hydrogen (secondary N) is 1. The van der Waals surface area contributed by atoms with E-state index in [1.165, 1.54) is 12.8 Å². The number of hydrogen-bond donors (Lipinski definition) is 2. The van der Waals surface area contributed by atoms with E-state index in [9.17, 15) is 4.79 Å². The maximum Gasteiger partial charge on any atom is 0.257 e. The molecule has 6 heteroatoms. The average Bonchev–Trinajstić information content (AvgIpc) is 3.28. The topological polar surface area (TPSA) is 73.6 Å². The van der Waals surface area contributed by atoms with Crippen LogP contribution in [0.25, 0.3) is 0 Å². The summed E-state index contributed by atoms with van der Waals surface area (Å²) in [4.78, 5) is 12.0. The minimum Gasteiger partial charge on any atom is -0.490 e. The van der Waals surface area contributed by atoms with Crippen LogP contribution in [0.4, 0.5) is 0 Å². The molecule has 0 aliphatic heterocycles. The van der Waals surface area contributed by atoms with Crippen LogP contribution in [-0.4, -0.2) is 30.7 Å². The molecule has 1 aliphatic carbocycles. The van der Waals surface area contributed by atoms with Gasteiger partial charge in [-0.1, -0.05) is 12.2 Å². The number of hydrogen-bond acceptors (Lipinski definition) is 4. The molecule has 0 spiro atoms. The number of ether oxygens (including phenoxy) is 2. The Morgan fingerprint density at radius 1 is 1.38 bits per heavy atom. The molecule has 2 rings (SSSR count). The van der Waals surface area contributed by atoms with E-state index in [4.69, 9.17) is 27.4 Å². The molecular weight excluding hydrogens is 288 g/mol. The fourth-order valence-electron chi connectivity index (χ4n) is 1.82. The molecule has 1 amide bonds. The van der Waals surface area contributed by atoms with Crippen LogP contribution < -0.4 is 20.5 Å². The molecule has 5 nitrogen and oxygen atoms in total. The third-order valence-electron chi connectivity index (χ3n) is 3.17. The first-order valence-electron chi connectivity index (χ1n) is 7.06. The summed E-state index contributed by atoms with van der Waals surface area (Å²) in [5, 5.41) is 2.85. The third-order valence-corrected chi connectivity index (χ3v) is 3.41. The van der Waals surface area contributed by atoms with E-state index in [0.29, 0.717) is 34.6 Å². The summed E-state index contributed by atoms with van der Waals surface area (Å²) in [6.07, 6.45) is 2.41. The number of nitrogens with two attached hydrogens (primary N) is 1. The van der Waals surface area contributed by atoms with Crippen LogP contribution in [0.15, 0.2) is 18.2 Å². The second-order valence-corrected chi connectivity index (χ2v) is 5.43. The molecule has 0 radical (unpaired) electrons. The molecule has 21 heavy (non-hydrogen) atoms. The lowest BCUT2D eigenvalue weighted by Gasteiger charge is -2.13. The lowest BCUT2D eigenvalue weighted by molar-refractivity contribution is -0.123. The van der Waals surface area contributed by atoms with E-state index < -0.39 is 0 Å². The van der Waals surface area contributed by atoms with Gasteiger partial charge in [0.15, 0.2) is 18.1 Å². The van der Waals surface area contributed by atoms with Gasteiger partial charge < -0.3 is 20.5 Å². The molecule has 3 N–H and O–H groups in total. The lowest BCUT2D eigenvalue weighted by atomic mass is 10.2. The molecular formula is C15H20N2O3S. The SMILES string of the molecule is CCOc1cc(C(N)=S)ccc1OCC(=O)NCC1CC1. The Labute approximate surface area is 129 Å². The van der Waals surface area contributed by atoms with Crippen molar-refractivity contribution in [3.8, 4) is 11.5 Å². The predicted octanol–water partition coefficient (Wildman–Crippen LogP) is 1.62. The molecule has 0 heterocycles. The molecule has 0 saturated heterocycles. The van der Waals surface area contributed by atoms with Crippen LogP contribution in [0.2, 0.25) is 0 Å². The van der Waals surface area contributed by atoms with Crippen LogP contribution in [-0.2, 0) is 4.79 Å². The maximum atomic E-state index is 11.7. The van der Waals surface area contributed by atoms with Crippen molar-refractivity contribution in [3.63, 3.8) is 0 Å². The van der Waals surface area contributed by atoms with Gasteiger partial charge in [-0.3, -0.25) is 4.79 Å². The molecule has 114 valence electrons. The number of carbonyl (C=O) groups is 1. The first kappa shape index (κ1) is 15.6. The summed E-state index contributed by atoms with van der Waals surface area (Å²) in [5.41, 5.74) is 6.30. The summed E-state index contributed by atoms with van der Waals surface area (Å²) < 4.78 is 11.0. The highest BCUT2D eigenvalue weighted by molar-refractivity contribution is 7.80. The van der Waals surface area contributed by atoms with Crippen molar-refractivity contribution in [1.82, 2.24) is 5.32 Å². The molecule has 1 fully saturated rings. The largest absolute Gasteiger partial charge is 0.490 e. The van der Waals surface area contributed by atoms with Crippen molar-refractivity contribution < 1.29 is 14.3 Å². The number of rotatable bonds is 8. The average molecular weight is 308 g/mol. The normalized spacial score (nSPS) is 13.6. The highest BCUT2D eigenvalue weighted by Crippen LogP contribution is 2.29. The fraction of sp³-hybridized carbons (Fsp3) is 0.467. The predicted molar refractivity (Wildman–Crippen MR) is 84.7 cm³/mol. The monoisotopic (exact) mass is 308 g/mol. The van der Waals surface area contributed by atoms with Crippen LogP contribution in [0, 0.1) is 5.92 Å². The number of benzene rings is 1. The van der Waals surface area contributed by atoms with Crippen molar-refractivity contribution in [2.24, 2.45) is 11.7 Å². The van der Waals surface area contributed by atoms with Crippen LogP contribution in [0.3, 0.4) is 0 Å². The number of amides is 1. The Hall–Kier alpha value is -1.82. The Morgan fingerprint density at radius 2 is 2.14 bits per heavy atom. The van der Waals surface area contributed by atoms with Crippen LogP contribution in [0.5, 0.6) is 11.5 Å². The first-order chi connectivity index (χ1) is 10.1. The van der Waals surface area contributed by atoms with Crippen molar-refractivity contribution >= 4 is 23.1 Å². The Kier molecular flexibility index (Phi) is 5.38. The quantitative estimate of drug-likeness (QED) is 0.714. The van der Waals surface area contributed by atoms with Crippen molar-refractivity contribution in [2.45, 2.75) is 19.8 Å². The molecule has 0 atom stereocenters. The minimum atomic E-state index is -0.122. The molecule has 1 aromatic rings. The van der Waals surface area contributed by atoms with Gasteiger partial charge in [0, 0.05) is 12.1 Å². The smallest absolute Gasteiger partial charge is 0.257 e. The van der Waals surface area contributed by atoms with E-state index in [1.807, 2.05) is 6.92 Å². The van der Waals surface area contributed by atoms with E-state index in [-0.39, 0.29) is 12.5 Å². The van der Waals surface area contributed by atoms with E-state index in [2.05, 4.69) is 5.32 Å². The summed E-state index contributed by atoms with van der Waals surface area (Å²) >= 11 is 4.94. The van der Waals surface area contributed by atoms with Crippen molar-refractivity contribution in [3.05, 3.63) is 23.8 Å². The highest BCUT2D eigenvalue weighted by atomic mass is 32.1. The van der Waals surface area contributed by atoms with Crippen molar-refractivity contribution in [1.29, 1.82) is 0 Å².